The van der Waals surface area contributed by atoms with Crippen molar-refractivity contribution in [3.05, 3.63) is 23.8 Å². The van der Waals surface area contributed by atoms with E-state index in [1.54, 1.807) is 14.2 Å². The summed E-state index contributed by atoms with van der Waals surface area (Å²) in [5.74, 6) is 1.59. The van der Waals surface area contributed by atoms with Crippen LogP contribution in [-0.2, 0) is 4.74 Å². The smallest absolute Gasteiger partial charge is 0.123 e. The van der Waals surface area contributed by atoms with Crippen LogP contribution in [0.3, 0.4) is 0 Å². The molecule has 0 bridgehead atoms. The van der Waals surface area contributed by atoms with Gasteiger partial charge in [0.1, 0.15) is 11.5 Å². The Morgan fingerprint density at radius 3 is 2.43 bits per heavy atom. The molecule has 1 aliphatic rings. The van der Waals surface area contributed by atoms with Crippen LogP contribution >= 0.6 is 0 Å². The monoisotopic (exact) mass is 294 g/mol. The van der Waals surface area contributed by atoms with Gasteiger partial charge in [0.2, 0.25) is 0 Å². The number of hydrogen-bond acceptors (Lipinski definition) is 5. The molecule has 0 spiro atoms. The third-order valence-corrected chi connectivity index (χ3v) is 4.36. The predicted octanol–water partition coefficient (Wildman–Crippen LogP) is 1.81. The lowest BCUT2D eigenvalue weighted by Gasteiger charge is -2.44. The number of hydrogen-bond donors (Lipinski definition) is 1. The van der Waals surface area contributed by atoms with Crippen molar-refractivity contribution in [1.29, 1.82) is 0 Å². The molecule has 0 saturated carbocycles. The van der Waals surface area contributed by atoms with Crippen LogP contribution in [0, 0.1) is 0 Å². The van der Waals surface area contributed by atoms with Crippen molar-refractivity contribution in [3.63, 3.8) is 0 Å². The Morgan fingerprint density at radius 1 is 1.19 bits per heavy atom. The second-order valence-corrected chi connectivity index (χ2v) is 5.84. The van der Waals surface area contributed by atoms with Gasteiger partial charge in [-0.3, -0.25) is 4.90 Å². The minimum absolute atomic E-state index is 0.180. The molecule has 0 aliphatic carbocycles. The van der Waals surface area contributed by atoms with Gasteiger partial charge in [-0.1, -0.05) is 0 Å². The maximum absolute atomic E-state index is 6.59. The zero-order valence-corrected chi connectivity index (χ0v) is 13.4. The molecule has 2 N–H and O–H groups in total. The zero-order valence-electron chi connectivity index (χ0n) is 13.4. The number of nitrogens with zero attached hydrogens (tertiary/aromatic N) is 1. The first-order valence-corrected chi connectivity index (χ1v) is 7.31. The SMILES string of the molecule is COc1ccc(OC)c(C(N)C(C)(C)N2CCOCC2)c1. The normalized spacial score (nSPS) is 18.3. The van der Waals surface area contributed by atoms with Crippen molar-refractivity contribution in [2.45, 2.75) is 25.4 Å². The summed E-state index contributed by atoms with van der Waals surface area (Å²) in [6, 6.07) is 5.58. The van der Waals surface area contributed by atoms with Gasteiger partial charge in [0.05, 0.1) is 33.5 Å². The van der Waals surface area contributed by atoms with E-state index >= 15 is 0 Å². The molecule has 1 aliphatic heterocycles. The van der Waals surface area contributed by atoms with E-state index in [1.165, 1.54) is 0 Å². The summed E-state index contributed by atoms with van der Waals surface area (Å²) in [7, 11) is 3.32. The van der Waals surface area contributed by atoms with Gasteiger partial charge in [0.25, 0.3) is 0 Å². The van der Waals surface area contributed by atoms with Gasteiger partial charge in [-0.15, -0.1) is 0 Å². The Morgan fingerprint density at radius 2 is 1.86 bits per heavy atom. The van der Waals surface area contributed by atoms with E-state index in [2.05, 4.69) is 18.7 Å². The molecule has 0 amide bonds. The average Bonchev–Trinajstić information content (AvgIpc) is 2.54. The van der Waals surface area contributed by atoms with Crippen LogP contribution in [0.4, 0.5) is 0 Å². The largest absolute Gasteiger partial charge is 0.497 e. The molecule has 5 nitrogen and oxygen atoms in total. The van der Waals surface area contributed by atoms with Gasteiger partial charge in [0.15, 0.2) is 0 Å². The zero-order chi connectivity index (χ0) is 15.5. The van der Waals surface area contributed by atoms with E-state index in [1.807, 2.05) is 18.2 Å². The molecule has 2 rings (SSSR count). The molecule has 0 aromatic heterocycles. The first-order valence-electron chi connectivity index (χ1n) is 7.31. The molecule has 1 saturated heterocycles. The van der Waals surface area contributed by atoms with Crippen LogP contribution in [0.1, 0.15) is 25.5 Å². The number of rotatable bonds is 5. The maximum atomic E-state index is 6.59. The number of morpholine rings is 1. The highest BCUT2D eigenvalue weighted by molar-refractivity contribution is 5.43. The fourth-order valence-corrected chi connectivity index (χ4v) is 2.80. The quantitative estimate of drug-likeness (QED) is 0.897. The Bertz CT molecular complexity index is 471. The molecule has 1 aromatic rings. The van der Waals surface area contributed by atoms with Crippen LogP contribution in [0.5, 0.6) is 11.5 Å². The van der Waals surface area contributed by atoms with E-state index in [4.69, 9.17) is 19.9 Å². The average molecular weight is 294 g/mol. The van der Waals surface area contributed by atoms with E-state index < -0.39 is 0 Å². The van der Waals surface area contributed by atoms with Crippen LogP contribution in [0.2, 0.25) is 0 Å². The summed E-state index contributed by atoms with van der Waals surface area (Å²) >= 11 is 0. The number of benzene rings is 1. The van der Waals surface area contributed by atoms with Crippen LogP contribution < -0.4 is 15.2 Å². The molecule has 5 heteroatoms. The van der Waals surface area contributed by atoms with Crippen molar-refractivity contribution in [2.24, 2.45) is 5.73 Å². The Hall–Kier alpha value is -1.30. The fourth-order valence-electron chi connectivity index (χ4n) is 2.80. The number of methoxy groups -OCH3 is 2. The molecule has 0 radical (unpaired) electrons. The first-order chi connectivity index (χ1) is 10.0. The standard InChI is InChI=1S/C16H26N2O3/c1-16(2,18-7-9-21-10-8-18)15(17)13-11-12(19-3)5-6-14(13)20-4/h5-6,11,15H,7-10,17H2,1-4H3. The maximum Gasteiger partial charge on any atom is 0.123 e. The van der Waals surface area contributed by atoms with Crippen molar-refractivity contribution in [1.82, 2.24) is 4.90 Å². The van der Waals surface area contributed by atoms with Crippen LogP contribution in [0.15, 0.2) is 18.2 Å². The minimum Gasteiger partial charge on any atom is -0.497 e. The van der Waals surface area contributed by atoms with Gasteiger partial charge in [0, 0.05) is 24.2 Å². The second-order valence-electron chi connectivity index (χ2n) is 5.84. The van der Waals surface area contributed by atoms with E-state index in [9.17, 15) is 0 Å². The lowest BCUT2D eigenvalue weighted by molar-refractivity contribution is -0.0192. The molecule has 1 heterocycles. The van der Waals surface area contributed by atoms with Gasteiger partial charge in [-0.2, -0.15) is 0 Å². The molecular weight excluding hydrogens is 268 g/mol. The van der Waals surface area contributed by atoms with E-state index in [-0.39, 0.29) is 11.6 Å². The van der Waals surface area contributed by atoms with Crippen LogP contribution in [-0.4, -0.2) is 51.0 Å². The third kappa shape index (κ3) is 3.31. The predicted molar refractivity (Wildman–Crippen MR) is 82.9 cm³/mol. The van der Waals surface area contributed by atoms with Crippen LogP contribution in [0.25, 0.3) is 0 Å². The Kier molecular flexibility index (Phi) is 5.08. The summed E-state index contributed by atoms with van der Waals surface area (Å²) in [4.78, 5) is 2.38. The highest BCUT2D eigenvalue weighted by Gasteiger charge is 2.36. The van der Waals surface area contributed by atoms with E-state index in [0.29, 0.717) is 0 Å². The molecule has 21 heavy (non-hydrogen) atoms. The summed E-state index contributed by atoms with van der Waals surface area (Å²) in [5.41, 5.74) is 7.36. The number of ether oxygens (including phenoxy) is 3. The molecule has 1 aromatic carbocycles. The minimum atomic E-state index is -0.191. The number of nitrogens with two attached hydrogens (primary N) is 1. The summed E-state index contributed by atoms with van der Waals surface area (Å²) in [6.07, 6.45) is 0. The summed E-state index contributed by atoms with van der Waals surface area (Å²) in [5, 5.41) is 0. The lowest BCUT2D eigenvalue weighted by atomic mass is 9.86. The molecule has 1 atom stereocenters. The Balaban J connectivity index is 2.30. The van der Waals surface area contributed by atoms with Crippen molar-refractivity contribution >= 4 is 0 Å². The third-order valence-electron chi connectivity index (χ3n) is 4.36. The fraction of sp³-hybridized carbons (Fsp3) is 0.625. The summed E-state index contributed by atoms with van der Waals surface area (Å²) in [6.45, 7) is 7.64. The van der Waals surface area contributed by atoms with Crippen molar-refractivity contribution in [3.8, 4) is 11.5 Å². The highest BCUT2D eigenvalue weighted by Crippen LogP contribution is 2.36. The first kappa shape index (κ1) is 16.1. The van der Waals surface area contributed by atoms with Gasteiger partial charge >= 0.3 is 0 Å². The summed E-state index contributed by atoms with van der Waals surface area (Å²) < 4.78 is 16.2. The van der Waals surface area contributed by atoms with Crippen molar-refractivity contribution in [2.75, 3.05) is 40.5 Å². The molecule has 118 valence electrons. The van der Waals surface area contributed by atoms with Gasteiger partial charge in [-0.05, 0) is 32.0 Å². The second kappa shape index (κ2) is 6.64. The van der Waals surface area contributed by atoms with Gasteiger partial charge in [-0.25, -0.2) is 0 Å². The topological polar surface area (TPSA) is 57.0 Å². The van der Waals surface area contributed by atoms with Crippen molar-refractivity contribution < 1.29 is 14.2 Å². The van der Waals surface area contributed by atoms with Gasteiger partial charge < -0.3 is 19.9 Å². The lowest BCUT2D eigenvalue weighted by Crippen LogP contribution is -2.55. The highest BCUT2D eigenvalue weighted by atomic mass is 16.5. The molecular formula is C16H26N2O3. The molecule has 1 unspecified atom stereocenters. The van der Waals surface area contributed by atoms with E-state index in [0.717, 1.165) is 43.4 Å². The molecule has 1 fully saturated rings. The Labute approximate surface area is 127 Å².